The van der Waals surface area contributed by atoms with Crippen molar-refractivity contribution in [2.45, 2.75) is 19.9 Å². The Morgan fingerprint density at radius 1 is 1.15 bits per heavy atom. The molecule has 0 unspecified atom stereocenters. The van der Waals surface area contributed by atoms with E-state index in [0.29, 0.717) is 10.8 Å². The van der Waals surface area contributed by atoms with Crippen LogP contribution in [0.3, 0.4) is 0 Å². The molecule has 1 aromatic heterocycles. The van der Waals surface area contributed by atoms with Gasteiger partial charge >= 0.3 is 0 Å². The first kappa shape index (κ1) is 18.7. The van der Waals surface area contributed by atoms with Gasteiger partial charge in [0.25, 0.3) is 5.56 Å². The number of para-hydroxylation sites is 1. The lowest BCUT2D eigenvalue weighted by molar-refractivity contribution is -0.0421. The molecule has 3 rings (SSSR count). The van der Waals surface area contributed by atoms with Gasteiger partial charge in [-0.05, 0) is 61.8 Å². The normalized spacial score (nSPS) is 10.7. The van der Waals surface area contributed by atoms with Gasteiger partial charge in [-0.25, -0.2) is 5.06 Å². The number of nitrogens with zero attached hydrogens (tertiary/aromatic N) is 1. The Bertz CT molecular complexity index is 965. The van der Waals surface area contributed by atoms with Crippen LogP contribution in [0.5, 0.6) is 11.5 Å². The summed E-state index contributed by atoms with van der Waals surface area (Å²) in [4.78, 5) is 12.1. The van der Waals surface area contributed by atoms with Crippen LogP contribution < -0.4 is 15.6 Å². The zero-order chi connectivity index (χ0) is 19.4. The van der Waals surface area contributed by atoms with E-state index in [-0.39, 0.29) is 17.4 Å². The molecule has 0 aliphatic rings. The first-order valence-electron chi connectivity index (χ1n) is 8.34. The van der Waals surface area contributed by atoms with E-state index in [9.17, 15) is 10.0 Å². The van der Waals surface area contributed by atoms with Crippen molar-refractivity contribution in [2.75, 3.05) is 5.32 Å². The van der Waals surface area contributed by atoms with E-state index in [4.69, 9.17) is 10.1 Å². The number of ether oxygens (including phenoxy) is 1. The molecule has 7 nitrogen and oxygen atoms in total. The number of rotatable bonds is 6. The summed E-state index contributed by atoms with van der Waals surface area (Å²) in [5.41, 5.74) is 0.408. The van der Waals surface area contributed by atoms with Crippen molar-refractivity contribution in [3.8, 4) is 11.5 Å². The second-order valence-corrected chi connectivity index (χ2v) is 6.91. The fraction of sp³-hybridized carbons (Fsp3) is 0.158. The highest BCUT2D eigenvalue weighted by Crippen LogP contribution is 2.27. The van der Waals surface area contributed by atoms with Crippen LogP contribution >= 0.6 is 11.5 Å². The third-order valence-corrected chi connectivity index (χ3v) is 4.54. The Balaban J connectivity index is 1.76. The van der Waals surface area contributed by atoms with Crippen molar-refractivity contribution < 1.29 is 9.94 Å². The predicted octanol–water partition coefficient (Wildman–Crippen LogP) is 4.40. The standard InChI is InChI=1S/C19H20N4O3S/c1-12(2)23(25)17(20)16-18(24)22-27-19(16)21-13-8-10-15(11-9-13)26-14-6-4-3-5-7-14/h3-12,20-21,25H,1-2H3,(H,22,24). The van der Waals surface area contributed by atoms with Gasteiger partial charge in [0, 0.05) is 5.69 Å². The summed E-state index contributed by atoms with van der Waals surface area (Å²) >= 11 is 1.08. The molecule has 0 fully saturated rings. The second-order valence-electron chi connectivity index (χ2n) is 6.09. The highest BCUT2D eigenvalue weighted by Gasteiger charge is 2.21. The fourth-order valence-electron chi connectivity index (χ4n) is 2.34. The van der Waals surface area contributed by atoms with Crippen molar-refractivity contribution in [1.82, 2.24) is 9.44 Å². The molecule has 0 amide bonds. The summed E-state index contributed by atoms with van der Waals surface area (Å²) in [6, 6.07) is 16.4. The monoisotopic (exact) mass is 384 g/mol. The second kappa shape index (κ2) is 8.07. The first-order chi connectivity index (χ1) is 13.0. The molecule has 140 valence electrons. The number of anilines is 2. The fourth-order valence-corrected chi connectivity index (χ4v) is 3.10. The van der Waals surface area contributed by atoms with Crippen molar-refractivity contribution in [3.63, 3.8) is 0 Å². The molecule has 0 bridgehead atoms. The van der Waals surface area contributed by atoms with Crippen LogP contribution in [0.2, 0.25) is 0 Å². The van der Waals surface area contributed by atoms with Crippen LogP contribution in [0.25, 0.3) is 0 Å². The molecule has 0 saturated carbocycles. The Labute approximate surface area is 160 Å². The number of nitrogens with one attached hydrogen (secondary N) is 3. The summed E-state index contributed by atoms with van der Waals surface area (Å²) in [5, 5.41) is 22.4. The van der Waals surface area contributed by atoms with E-state index in [1.807, 2.05) is 54.6 Å². The molecule has 0 radical (unpaired) electrons. The van der Waals surface area contributed by atoms with E-state index in [1.54, 1.807) is 13.8 Å². The molecule has 0 aliphatic heterocycles. The van der Waals surface area contributed by atoms with Crippen molar-refractivity contribution >= 4 is 28.1 Å². The van der Waals surface area contributed by atoms with E-state index in [1.165, 1.54) is 0 Å². The number of hydroxylamine groups is 2. The smallest absolute Gasteiger partial charge is 0.271 e. The van der Waals surface area contributed by atoms with Gasteiger partial charge in [-0.1, -0.05) is 18.2 Å². The molecule has 8 heteroatoms. The quantitative estimate of drug-likeness (QED) is 0.287. The third-order valence-electron chi connectivity index (χ3n) is 3.75. The first-order valence-corrected chi connectivity index (χ1v) is 9.16. The zero-order valence-corrected chi connectivity index (χ0v) is 15.7. The number of amidine groups is 1. The molecule has 1 heterocycles. The number of hydrogen-bond donors (Lipinski definition) is 4. The molecular formula is C19H20N4O3S. The molecule has 0 aliphatic carbocycles. The SMILES string of the molecule is CC(C)N(O)C(=N)c1c(Nc2ccc(Oc3ccccc3)cc2)s[nH]c1=O. The Morgan fingerprint density at radius 2 is 1.78 bits per heavy atom. The maximum Gasteiger partial charge on any atom is 0.271 e. The van der Waals surface area contributed by atoms with Gasteiger partial charge < -0.3 is 10.1 Å². The molecule has 0 saturated heterocycles. The highest BCUT2D eigenvalue weighted by molar-refractivity contribution is 7.10. The summed E-state index contributed by atoms with van der Waals surface area (Å²) in [5.74, 6) is 1.18. The minimum absolute atomic E-state index is 0.0980. The minimum Gasteiger partial charge on any atom is -0.457 e. The van der Waals surface area contributed by atoms with Crippen LogP contribution in [0, 0.1) is 5.41 Å². The number of aromatic amines is 1. The van der Waals surface area contributed by atoms with E-state index < -0.39 is 5.56 Å². The summed E-state index contributed by atoms with van der Waals surface area (Å²) in [7, 11) is 0. The molecule has 3 aromatic rings. The van der Waals surface area contributed by atoms with Gasteiger partial charge in [0.1, 0.15) is 22.1 Å². The highest BCUT2D eigenvalue weighted by atomic mass is 32.1. The largest absolute Gasteiger partial charge is 0.457 e. The number of hydrogen-bond acceptors (Lipinski definition) is 6. The number of benzene rings is 2. The Kier molecular flexibility index (Phi) is 5.58. The van der Waals surface area contributed by atoms with E-state index in [0.717, 1.165) is 28.0 Å². The predicted molar refractivity (Wildman–Crippen MR) is 107 cm³/mol. The van der Waals surface area contributed by atoms with Crippen molar-refractivity contribution in [2.24, 2.45) is 0 Å². The van der Waals surface area contributed by atoms with E-state index in [2.05, 4.69) is 9.69 Å². The minimum atomic E-state index is -0.420. The number of aromatic nitrogens is 1. The van der Waals surface area contributed by atoms with Gasteiger partial charge in [-0.2, -0.15) is 0 Å². The summed E-state index contributed by atoms with van der Waals surface area (Å²) in [6.45, 7) is 3.46. The van der Waals surface area contributed by atoms with Gasteiger partial charge in [0.15, 0.2) is 5.84 Å². The third kappa shape index (κ3) is 4.36. The van der Waals surface area contributed by atoms with Crippen LogP contribution in [-0.2, 0) is 0 Å². The number of H-pyrrole nitrogens is 1. The molecule has 4 N–H and O–H groups in total. The van der Waals surface area contributed by atoms with Gasteiger partial charge in [0.2, 0.25) is 0 Å². The Morgan fingerprint density at radius 3 is 2.41 bits per heavy atom. The van der Waals surface area contributed by atoms with Crippen molar-refractivity contribution in [3.05, 3.63) is 70.5 Å². The molecule has 0 atom stereocenters. The average molecular weight is 384 g/mol. The lowest BCUT2D eigenvalue weighted by atomic mass is 10.2. The molecular weight excluding hydrogens is 364 g/mol. The average Bonchev–Trinajstić information content (AvgIpc) is 3.03. The molecule has 27 heavy (non-hydrogen) atoms. The van der Waals surface area contributed by atoms with Crippen LogP contribution in [-0.4, -0.2) is 26.5 Å². The molecule has 2 aromatic carbocycles. The van der Waals surface area contributed by atoms with E-state index >= 15 is 0 Å². The maximum absolute atomic E-state index is 12.1. The van der Waals surface area contributed by atoms with Crippen LogP contribution in [0.4, 0.5) is 10.7 Å². The van der Waals surface area contributed by atoms with Crippen LogP contribution in [0.15, 0.2) is 59.4 Å². The summed E-state index contributed by atoms with van der Waals surface area (Å²) in [6.07, 6.45) is 0. The Hall–Kier alpha value is -3.10. The topological polar surface area (TPSA) is 101 Å². The van der Waals surface area contributed by atoms with Gasteiger partial charge in [-0.3, -0.25) is 19.8 Å². The van der Waals surface area contributed by atoms with Crippen molar-refractivity contribution in [1.29, 1.82) is 5.41 Å². The lowest BCUT2D eigenvalue weighted by Crippen LogP contribution is -2.36. The van der Waals surface area contributed by atoms with Gasteiger partial charge in [0.05, 0.1) is 6.04 Å². The maximum atomic E-state index is 12.1. The summed E-state index contributed by atoms with van der Waals surface area (Å²) < 4.78 is 8.35. The molecule has 0 spiro atoms. The zero-order valence-electron chi connectivity index (χ0n) is 14.9. The van der Waals surface area contributed by atoms with Gasteiger partial charge in [-0.15, -0.1) is 0 Å². The van der Waals surface area contributed by atoms with Crippen LogP contribution in [0.1, 0.15) is 19.4 Å². The lowest BCUT2D eigenvalue weighted by Gasteiger charge is -2.21.